The van der Waals surface area contributed by atoms with Crippen molar-refractivity contribution in [2.45, 2.75) is 52.7 Å². The van der Waals surface area contributed by atoms with Gasteiger partial charge in [-0.15, -0.1) is 0 Å². The SMILES string of the molecule is COCP(=O)(NC(C)C(=O)OC(C)C)Oc1cc(O)c(-c2n[nH]c(=O)n2-c2ccc3c(ccn3C)c2)cc1C(C)C. The second-order valence-corrected chi connectivity index (χ2v) is 12.5. The summed E-state index contributed by atoms with van der Waals surface area (Å²) in [6.07, 6.45) is 1.24. The third-order valence-corrected chi connectivity index (χ3v) is 8.30. The molecule has 0 aliphatic heterocycles. The predicted octanol–water partition coefficient (Wildman–Crippen LogP) is 4.65. The van der Waals surface area contributed by atoms with Gasteiger partial charge in [-0.3, -0.25) is 9.36 Å². The van der Waals surface area contributed by atoms with E-state index in [1.807, 2.05) is 49.9 Å². The van der Waals surface area contributed by atoms with Crippen LogP contribution in [-0.2, 0) is 25.9 Å². The maximum atomic E-state index is 13.8. The summed E-state index contributed by atoms with van der Waals surface area (Å²) in [6, 6.07) is 9.55. The standard InChI is InChI=1S/C28H36N5O7P/c1-16(2)21-13-22(26-29-30-28(36)33(26)20-8-9-23-19(12-20)10-11-32(23)6)24(34)14-25(21)40-41(37,15-38-7)31-18(5)27(35)39-17(3)4/h8-14,16-18,34H,15H2,1-7H3,(H,30,36)(H,31,37). The number of rotatable bonds is 11. The Morgan fingerprint density at radius 1 is 1.15 bits per heavy atom. The van der Waals surface area contributed by atoms with Crippen LogP contribution in [0.15, 0.2) is 47.4 Å². The van der Waals surface area contributed by atoms with Crippen LogP contribution in [0, 0.1) is 0 Å². The van der Waals surface area contributed by atoms with Crippen molar-refractivity contribution >= 4 is 24.4 Å². The molecule has 2 aromatic heterocycles. The summed E-state index contributed by atoms with van der Waals surface area (Å²) in [5.74, 6) is -0.661. The van der Waals surface area contributed by atoms with Crippen LogP contribution in [0.4, 0.5) is 0 Å². The van der Waals surface area contributed by atoms with Crippen LogP contribution in [0.1, 0.15) is 46.1 Å². The first-order valence-electron chi connectivity index (χ1n) is 13.2. The first-order valence-corrected chi connectivity index (χ1v) is 15.0. The van der Waals surface area contributed by atoms with Gasteiger partial charge in [0.2, 0.25) is 0 Å². The minimum Gasteiger partial charge on any atom is -0.507 e. The molecule has 2 heterocycles. The maximum Gasteiger partial charge on any atom is 0.348 e. The summed E-state index contributed by atoms with van der Waals surface area (Å²) in [5.41, 5.74) is 1.96. The molecule has 2 unspecified atom stereocenters. The minimum absolute atomic E-state index is 0.133. The molecule has 4 rings (SSSR count). The van der Waals surface area contributed by atoms with E-state index in [9.17, 15) is 19.3 Å². The minimum atomic E-state index is -3.81. The van der Waals surface area contributed by atoms with Crippen LogP contribution in [0.5, 0.6) is 11.5 Å². The number of carbonyl (C=O) groups is 1. The number of esters is 1. The van der Waals surface area contributed by atoms with Crippen LogP contribution >= 0.6 is 7.52 Å². The average molecular weight is 586 g/mol. The number of H-pyrrole nitrogens is 1. The zero-order valence-electron chi connectivity index (χ0n) is 24.2. The van der Waals surface area contributed by atoms with Gasteiger partial charge < -0.3 is 23.7 Å². The molecule has 0 bridgehead atoms. The number of methoxy groups -OCH3 is 1. The molecule has 0 saturated heterocycles. The van der Waals surface area contributed by atoms with Crippen LogP contribution < -0.4 is 15.3 Å². The van der Waals surface area contributed by atoms with Gasteiger partial charge in [-0.2, -0.15) is 5.10 Å². The molecule has 0 aliphatic carbocycles. The number of hydrogen-bond donors (Lipinski definition) is 3. The third-order valence-electron chi connectivity index (χ3n) is 6.43. The Kier molecular flexibility index (Phi) is 8.77. The van der Waals surface area contributed by atoms with Gasteiger partial charge in [0, 0.05) is 37.3 Å². The molecule has 0 spiro atoms. The van der Waals surface area contributed by atoms with Gasteiger partial charge in [0.15, 0.2) is 5.82 Å². The third kappa shape index (κ3) is 6.40. The van der Waals surface area contributed by atoms with E-state index in [4.69, 9.17) is 14.0 Å². The summed E-state index contributed by atoms with van der Waals surface area (Å²) in [5, 5.41) is 21.5. The molecule has 41 heavy (non-hydrogen) atoms. The Balaban J connectivity index is 1.74. The second kappa shape index (κ2) is 11.9. The van der Waals surface area contributed by atoms with Gasteiger partial charge >= 0.3 is 19.2 Å². The van der Waals surface area contributed by atoms with Crippen molar-refractivity contribution in [1.82, 2.24) is 24.4 Å². The summed E-state index contributed by atoms with van der Waals surface area (Å²) >= 11 is 0. The molecular formula is C28H36N5O7P. The smallest absolute Gasteiger partial charge is 0.348 e. The summed E-state index contributed by atoms with van der Waals surface area (Å²) < 4.78 is 33.4. The van der Waals surface area contributed by atoms with Crippen LogP contribution in [0.3, 0.4) is 0 Å². The lowest BCUT2D eigenvalue weighted by Gasteiger charge is -2.25. The highest BCUT2D eigenvalue weighted by Gasteiger charge is 2.32. The Morgan fingerprint density at radius 2 is 1.88 bits per heavy atom. The zero-order chi connectivity index (χ0) is 30.1. The van der Waals surface area contributed by atoms with E-state index in [1.165, 1.54) is 24.7 Å². The Morgan fingerprint density at radius 3 is 2.54 bits per heavy atom. The van der Waals surface area contributed by atoms with Crippen molar-refractivity contribution in [3.63, 3.8) is 0 Å². The largest absolute Gasteiger partial charge is 0.507 e. The van der Waals surface area contributed by atoms with Crippen LogP contribution in [0.25, 0.3) is 28.0 Å². The van der Waals surface area contributed by atoms with E-state index < -0.39 is 25.2 Å². The Bertz CT molecular complexity index is 1670. The van der Waals surface area contributed by atoms with Crippen molar-refractivity contribution in [3.05, 3.63) is 58.6 Å². The topological polar surface area (TPSA) is 150 Å². The van der Waals surface area contributed by atoms with E-state index in [0.717, 1.165) is 10.9 Å². The number of ether oxygens (including phenoxy) is 2. The predicted molar refractivity (Wildman–Crippen MR) is 156 cm³/mol. The fourth-order valence-corrected chi connectivity index (χ4v) is 6.21. The molecule has 3 N–H and O–H groups in total. The molecule has 0 fully saturated rings. The van der Waals surface area contributed by atoms with Gasteiger partial charge in [-0.05, 0) is 62.6 Å². The number of carbonyl (C=O) groups excluding carboxylic acids is 1. The zero-order valence-corrected chi connectivity index (χ0v) is 25.1. The number of aryl methyl sites for hydroxylation is 1. The summed E-state index contributed by atoms with van der Waals surface area (Å²) in [6.45, 7) is 8.76. The van der Waals surface area contributed by atoms with Gasteiger partial charge in [-0.1, -0.05) is 13.8 Å². The van der Waals surface area contributed by atoms with Crippen molar-refractivity contribution in [2.75, 3.05) is 13.5 Å². The number of phenols is 1. The number of aromatic amines is 1. The first kappa shape index (κ1) is 30.1. The molecule has 220 valence electrons. The lowest BCUT2D eigenvalue weighted by atomic mass is 9.98. The number of fused-ring (bicyclic) bond motifs is 1. The van der Waals surface area contributed by atoms with Gasteiger partial charge in [0.1, 0.15) is 23.9 Å². The van der Waals surface area contributed by atoms with E-state index in [2.05, 4.69) is 15.3 Å². The number of hydrogen-bond acceptors (Lipinski definition) is 8. The number of aromatic nitrogens is 4. The average Bonchev–Trinajstić information content (AvgIpc) is 3.45. The molecular weight excluding hydrogens is 549 g/mol. The van der Waals surface area contributed by atoms with Crippen molar-refractivity contribution < 1.29 is 28.5 Å². The molecule has 0 saturated carbocycles. The highest BCUT2D eigenvalue weighted by Crippen LogP contribution is 2.48. The van der Waals surface area contributed by atoms with Crippen molar-refractivity contribution in [1.29, 1.82) is 0 Å². The number of nitrogens with one attached hydrogen (secondary N) is 2. The van der Waals surface area contributed by atoms with Crippen LogP contribution in [-0.4, -0.2) is 56.0 Å². The van der Waals surface area contributed by atoms with Gasteiger partial charge in [-0.25, -0.2) is 19.5 Å². The van der Waals surface area contributed by atoms with Gasteiger partial charge in [0.05, 0.1) is 17.4 Å². The number of phenolic OH excluding ortho intramolecular Hbond substituents is 1. The molecule has 2 atom stereocenters. The summed E-state index contributed by atoms with van der Waals surface area (Å²) in [7, 11) is -0.507. The molecule has 4 aromatic rings. The Labute approximate surface area is 237 Å². The highest BCUT2D eigenvalue weighted by atomic mass is 31.2. The van der Waals surface area contributed by atoms with E-state index in [0.29, 0.717) is 11.3 Å². The normalized spacial score (nSPS) is 14.0. The molecule has 2 aromatic carbocycles. The number of aromatic hydroxyl groups is 1. The number of benzene rings is 2. The molecule has 0 amide bonds. The fourth-order valence-electron chi connectivity index (χ4n) is 4.52. The van der Waals surface area contributed by atoms with Crippen LogP contribution in [0.2, 0.25) is 0 Å². The lowest BCUT2D eigenvalue weighted by Crippen LogP contribution is -2.36. The van der Waals surface area contributed by atoms with E-state index in [-0.39, 0.29) is 41.3 Å². The quantitative estimate of drug-likeness (QED) is 0.169. The first-order chi connectivity index (χ1) is 19.3. The molecule has 12 nitrogen and oxygen atoms in total. The van der Waals surface area contributed by atoms with E-state index >= 15 is 0 Å². The maximum absolute atomic E-state index is 13.8. The highest BCUT2D eigenvalue weighted by molar-refractivity contribution is 7.57. The second-order valence-electron chi connectivity index (χ2n) is 10.4. The van der Waals surface area contributed by atoms with Crippen molar-refractivity contribution in [3.8, 4) is 28.6 Å². The summed E-state index contributed by atoms with van der Waals surface area (Å²) in [4.78, 5) is 25.2. The fraction of sp³-hybridized carbons (Fsp3) is 0.393. The van der Waals surface area contributed by atoms with Crippen molar-refractivity contribution in [2.24, 2.45) is 7.05 Å². The Hall–Kier alpha value is -3.86. The molecule has 13 heteroatoms. The monoisotopic (exact) mass is 585 g/mol. The van der Waals surface area contributed by atoms with E-state index in [1.54, 1.807) is 26.0 Å². The molecule has 0 radical (unpaired) electrons. The molecule has 0 aliphatic rings. The van der Waals surface area contributed by atoms with Gasteiger partial charge in [0.25, 0.3) is 0 Å². The lowest BCUT2D eigenvalue weighted by molar-refractivity contribution is -0.149. The number of nitrogens with zero attached hydrogens (tertiary/aromatic N) is 3.